The van der Waals surface area contributed by atoms with E-state index in [1.54, 1.807) is 0 Å². The van der Waals surface area contributed by atoms with Crippen LogP contribution >= 0.6 is 0 Å². The van der Waals surface area contributed by atoms with E-state index in [-0.39, 0.29) is 6.04 Å². The first-order valence-electron chi connectivity index (χ1n) is 8.75. The maximum Gasteiger partial charge on any atom is 0.149 e. The molecule has 0 fully saturated rings. The summed E-state index contributed by atoms with van der Waals surface area (Å²) in [5.74, 6) is -0.704. The molecule has 1 nitrogen and oxygen atoms in total. The van der Waals surface area contributed by atoms with Gasteiger partial charge in [0.15, 0.2) is 0 Å². The Morgan fingerprint density at radius 2 is 1.58 bits per heavy atom. The van der Waals surface area contributed by atoms with Crippen molar-refractivity contribution >= 4 is 11.4 Å². The molecule has 2 atom stereocenters. The fourth-order valence-electron chi connectivity index (χ4n) is 2.67. The summed E-state index contributed by atoms with van der Waals surface area (Å²) in [5, 5.41) is 0. The van der Waals surface area contributed by atoms with Crippen molar-refractivity contribution in [2.45, 2.75) is 54.0 Å². The molecule has 132 valence electrons. The summed E-state index contributed by atoms with van der Waals surface area (Å²) in [6.07, 6.45) is 0.992. The smallest absolute Gasteiger partial charge is 0.149 e. The van der Waals surface area contributed by atoms with Crippen LogP contribution in [0.15, 0.2) is 42.5 Å². The average molecular weight is 333 g/mol. The fourth-order valence-corrected chi connectivity index (χ4v) is 2.67. The minimum Gasteiger partial charge on any atom is -0.336 e. The molecule has 0 saturated carbocycles. The molecular formula is C21H29F2N. The van der Waals surface area contributed by atoms with E-state index in [9.17, 15) is 8.78 Å². The van der Waals surface area contributed by atoms with Crippen LogP contribution in [-0.4, -0.2) is 6.04 Å². The first-order valence-corrected chi connectivity index (χ1v) is 8.75. The number of aryl methyl sites for hydroxylation is 1. The number of halogens is 2. The Bertz CT molecular complexity index is 639. The lowest BCUT2D eigenvalue weighted by molar-refractivity contribution is 0.458. The van der Waals surface area contributed by atoms with Crippen LogP contribution in [0, 0.1) is 24.5 Å². The van der Waals surface area contributed by atoms with Crippen molar-refractivity contribution < 1.29 is 8.78 Å². The van der Waals surface area contributed by atoms with Crippen molar-refractivity contribution in [3.05, 3.63) is 59.7 Å². The molecule has 2 aromatic rings. The second-order valence-corrected chi connectivity index (χ2v) is 5.88. The SMILES string of the molecule is CC.CC[C@@H](C)C(C)N(c1ccccc1C)c1ccc(F)cc1F. The molecule has 1 unspecified atom stereocenters. The normalized spacial score (nSPS) is 12.8. The number of rotatable bonds is 5. The van der Waals surface area contributed by atoms with E-state index in [0.717, 1.165) is 23.7 Å². The van der Waals surface area contributed by atoms with Crippen molar-refractivity contribution in [1.82, 2.24) is 0 Å². The zero-order valence-corrected chi connectivity index (χ0v) is 15.6. The Morgan fingerprint density at radius 3 is 2.12 bits per heavy atom. The molecule has 0 radical (unpaired) electrons. The summed E-state index contributed by atoms with van der Waals surface area (Å²) in [6.45, 7) is 12.4. The van der Waals surface area contributed by atoms with Crippen LogP contribution in [0.1, 0.15) is 46.6 Å². The van der Waals surface area contributed by atoms with Crippen LogP contribution in [-0.2, 0) is 0 Å². The molecule has 0 aromatic heterocycles. The second kappa shape index (κ2) is 9.41. The predicted octanol–water partition coefficient (Wildman–Crippen LogP) is 6.87. The van der Waals surface area contributed by atoms with Crippen LogP contribution in [0.3, 0.4) is 0 Å². The number of hydrogen-bond acceptors (Lipinski definition) is 1. The second-order valence-electron chi connectivity index (χ2n) is 5.88. The van der Waals surface area contributed by atoms with Gasteiger partial charge in [0.1, 0.15) is 11.6 Å². The van der Waals surface area contributed by atoms with Gasteiger partial charge in [-0.25, -0.2) is 8.78 Å². The van der Waals surface area contributed by atoms with Crippen LogP contribution in [0.4, 0.5) is 20.2 Å². The number of nitrogens with zero attached hydrogens (tertiary/aromatic N) is 1. The van der Waals surface area contributed by atoms with Gasteiger partial charge in [0.2, 0.25) is 0 Å². The Kier molecular flexibility index (Phi) is 7.90. The number of para-hydroxylation sites is 1. The number of benzene rings is 2. The lowest BCUT2D eigenvalue weighted by atomic mass is 9.97. The van der Waals surface area contributed by atoms with E-state index >= 15 is 0 Å². The van der Waals surface area contributed by atoms with Gasteiger partial charge in [-0.2, -0.15) is 0 Å². The van der Waals surface area contributed by atoms with Crippen LogP contribution in [0.25, 0.3) is 0 Å². The molecule has 0 aliphatic heterocycles. The van der Waals surface area contributed by atoms with E-state index in [2.05, 4.69) is 20.8 Å². The van der Waals surface area contributed by atoms with Crippen LogP contribution in [0.5, 0.6) is 0 Å². The fraction of sp³-hybridized carbons (Fsp3) is 0.429. The van der Waals surface area contributed by atoms with E-state index in [1.165, 1.54) is 12.1 Å². The van der Waals surface area contributed by atoms with Crippen molar-refractivity contribution in [3.8, 4) is 0 Å². The van der Waals surface area contributed by atoms with E-state index in [4.69, 9.17) is 0 Å². The van der Waals surface area contributed by atoms with Gasteiger partial charge >= 0.3 is 0 Å². The van der Waals surface area contributed by atoms with Gasteiger partial charge in [0.25, 0.3) is 0 Å². The standard InChI is InChI=1S/C19H23F2N.C2H6/c1-5-13(2)15(4)22(18-9-7-6-8-14(18)3)19-11-10-16(20)12-17(19)21;1-2/h6-13,15H,5H2,1-4H3;1-2H3/t13-,15?;/m1./s1. The van der Waals surface area contributed by atoms with Crippen LogP contribution < -0.4 is 4.90 Å². The van der Waals surface area contributed by atoms with E-state index in [1.807, 2.05) is 49.9 Å². The van der Waals surface area contributed by atoms with E-state index < -0.39 is 11.6 Å². The highest BCUT2D eigenvalue weighted by atomic mass is 19.1. The molecule has 24 heavy (non-hydrogen) atoms. The maximum absolute atomic E-state index is 14.4. The summed E-state index contributed by atoms with van der Waals surface area (Å²) in [6, 6.07) is 11.8. The first-order chi connectivity index (χ1) is 11.5. The number of anilines is 2. The van der Waals surface area contributed by atoms with Crippen molar-refractivity contribution in [1.29, 1.82) is 0 Å². The average Bonchev–Trinajstić information content (AvgIpc) is 2.59. The van der Waals surface area contributed by atoms with Gasteiger partial charge in [0.05, 0.1) is 5.69 Å². The molecule has 3 heteroatoms. The molecule has 0 amide bonds. The first kappa shape index (κ1) is 20.1. The lowest BCUT2D eigenvalue weighted by Gasteiger charge is -2.36. The van der Waals surface area contributed by atoms with Crippen molar-refractivity contribution in [2.75, 3.05) is 4.90 Å². The molecule has 0 aliphatic carbocycles. The van der Waals surface area contributed by atoms with Crippen LogP contribution in [0.2, 0.25) is 0 Å². The van der Waals surface area contributed by atoms with Gasteiger partial charge in [-0.15, -0.1) is 0 Å². The topological polar surface area (TPSA) is 3.24 Å². The molecule has 0 aliphatic rings. The zero-order chi connectivity index (χ0) is 18.3. The summed E-state index contributed by atoms with van der Waals surface area (Å²) in [5.41, 5.74) is 2.45. The van der Waals surface area contributed by atoms with Gasteiger partial charge < -0.3 is 4.90 Å². The minimum atomic E-state index is -0.554. The summed E-state index contributed by atoms with van der Waals surface area (Å²) < 4.78 is 27.6. The Labute approximate surface area is 145 Å². The Morgan fingerprint density at radius 1 is 0.958 bits per heavy atom. The highest BCUT2D eigenvalue weighted by Gasteiger charge is 2.24. The Hall–Kier alpha value is -1.90. The zero-order valence-electron chi connectivity index (χ0n) is 15.6. The third kappa shape index (κ3) is 4.56. The van der Waals surface area contributed by atoms with E-state index in [0.29, 0.717) is 11.6 Å². The molecule has 0 heterocycles. The van der Waals surface area contributed by atoms with Crippen molar-refractivity contribution in [2.24, 2.45) is 5.92 Å². The summed E-state index contributed by atoms with van der Waals surface area (Å²) in [4.78, 5) is 1.98. The van der Waals surface area contributed by atoms with Crippen molar-refractivity contribution in [3.63, 3.8) is 0 Å². The monoisotopic (exact) mass is 333 g/mol. The molecule has 0 saturated heterocycles. The third-order valence-corrected chi connectivity index (χ3v) is 4.42. The third-order valence-electron chi connectivity index (χ3n) is 4.42. The van der Waals surface area contributed by atoms with Gasteiger partial charge in [-0.1, -0.05) is 52.3 Å². The maximum atomic E-state index is 14.4. The van der Waals surface area contributed by atoms with Gasteiger partial charge in [-0.05, 0) is 43.5 Å². The summed E-state index contributed by atoms with van der Waals surface area (Å²) >= 11 is 0. The number of hydrogen-bond donors (Lipinski definition) is 0. The van der Waals surface area contributed by atoms with Gasteiger partial charge in [0, 0.05) is 17.8 Å². The molecule has 2 rings (SSSR count). The molecule has 0 spiro atoms. The largest absolute Gasteiger partial charge is 0.336 e. The quantitative estimate of drug-likeness (QED) is 0.577. The van der Waals surface area contributed by atoms with Gasteiger partial charge in [-0.3, -0.25) is 0 Å². The summed E-state index contributed by atoms with van der Waals surface area (Å²) in [7, 11) is 0. The molecule has 0 N–H and O–H groups in total. The highest BCUT2D eigenvalue weighted by Crippen LogP contribution is 2.35. The molecule has 2 aromatic carbocycles. The predicted molar refractivity (Wildman–Crippen MR) is 99.9 cm³/mol. The molecular weight excluding hydrogens is 304 g/mol. The lowest BCUT2D eigenvalue weighted by Crippen LogP contribution is -2.34. The highest BCUT2D eigenvalue weighted by molar-refractivity contribution is 5.67. The minimum absolute atomic E-state index is 0.103. The Balaban J connectivity index is 0.00000139. The molecule has 0 bridgehead atoms.